The standard InChI is InChI=1S/C24H26FN3O/c1-18-15-20(7-8-22(18)25)16-23(29)27-12-9-21(10-13-27)24-26-11-14-28(24)17-19-5-3-2-4-6-19/h2-8,11,14-15,21H,9-10,12-13,16-17H2,1H3. The van der Waals surface area contributed by atoms with Gasteiger partial charge >= 0.3 is 0 Å². The Kier molecular flexibility index (Phi) is 5.74. The minimum Gasteiger partial charge on any atom is -0.342 e. The molecule has 4 rings (SSSR count). The number of hydrogen-bond acceptors (Lipinski definition) is 2. The lowest BCUT2D eigenvalue weighted by Crippen LogP contribution is -2.39. The normalized spacial score (nSPS) is 14.9. The molecule has 2 heterocycles. The maximum Gasteiger partial charge on any atom is 0.226 e. The highest BCUT2D eigenvalue weighted by Gasteiger charge is 2.26. The molecule has 1 amide bonds. The molecule has 2 aromatic carbocycles. The molecule has 0 spiro atoms. The Morgan fingerprint density at radius 2 is 1.86 bits per heavy atom. The first-order valence-corrected chi connectivity index (χ1v) is 10.2. The Labute approximate surface area is 171 Å². The maximum absolute atomic E-state index is 13.4. The van der Waals surface area contributed by atoms with E-state index in [0.717, 1.165) is 43.9 Å². The number of aryl methyl sites for hydroxylation is 1. The third-order valence-corrected chi connectivity index (χ3v) is 5.73. The number of imidazole rings is 1. The number of aromatic nitrogens is 2. The summed E-state index contributed by atoms with van der Waals surface area (Å²) in [5.74, 6) is 1.36. The fraction of sp³-hybridized carbons (Fsp3) is 0.333. The molecule has 0 atom stereocenters. The highest BCUT2D eigenvalue weighted by molar-refractivity contribution is 5.79. The van der Waals surface area contributed by atoms with E-state index < -0.39 is 0 Å². The average Bonchev–Trinajstić information content (AvgIpc) is 3.19. The molecule has 0 saturated carbocycles. The van der Waals surface area contributed by atoms with Gasteiger partial charge in [0.1, 0.15) is 11.6 Å². The number of carbonyl (C=O) groups excluding carboxylic acids is 1. The van der Waals surface area contributed by atoms with Crippen molar-refractivity contribution in [1.29, 1.82) is 0 Å². The van der Waals surface area contributed by atoms with Crippen molar-refractivity contribution in [2.24, 2.45) is 0 Å². The van der Waals surface area contributed by atoms with Gasteiger partial charge in [-0.3, -0.25) is 4.79 Å². The molecule has 4 nitrogen and oxygen atoms in total. The average molecular weight is 391 g/mol. The molecule has 0 bridgehead atoms. The van der Waals surface area contributed by atoms with E-state index in [1.54, 1.807) is 19.1 Å². The van der Waals surface area contributed by atoms with Crippen LogP contribution < -0.4 is 0 Å². The highest BCUT2D eigenvalue weighted by atomic mass is 19.1. The monoisotopic (exact) mass is 391 g/mol. The summed E-state index contributed by atoms with van der Waals surface area (Å²) in [6.07, 6.45) is 6.07. The van der Waals surface area contributed by atoms with E-state index in [1.807, 2.05) is 23.4 Å². The Morgan fingerprint density at radius 1 is 1.10 bits per heavy atom. The van der Waals surface area contributed by atoms with Gasteiger partial charge in [0, 0.05) is 37.9 Å². The zero-order valence-corrected chi connectivity index (χ0v) is 16.7. The van der Waals surface area contributed by atoms with Crippen LogP contribution in [0.1, 0.15) is 41.3 Å². The number of hydrogen-bond donors (Lipinski definition) is 0. The number of nitrogens with zero attached hydrogens (tertiary/aromatic N) is 3. The van der Waals surface area contributed by atoms with Crippen LogP contribution >= 0.6 is 0 Å². The Hall–Kier alpha value is -2.95. The minimum atomic E-state index is -0.229. The van der Waals surface area contributed by atoms with Gasteiger partial charge in [0.2, 0.25) is 5.91 Å². The first kappa shape index (κ1) is 19.4. The number of carbonyl (C=O) groups is 1. The van der Waals surface area contributed by atoms with E-state index in [0.29, 0.717) is 17.9 Å². The third kappa shape index (κ3) is 4.56. The van der Waals surface area contributed by atoms with Crippen LogP contribution in [0.2, 0.25) is 0 Å². The first-order valence-electron chi connectivity index (χ1n) is 10.2. The van der Waals surface area contributed by atoms with E-state index in [2.05, 4.69) is 33.8 Å². The summed E-state index contributed by atoms with van der Waals surface area (Å²) in [6, 6.07) is 15.3. The van der Waals surface area contributed by atoms with Gasteiger partial charge in [0.15, 0.2) is 0 Å². The van der Waals surface area contributed by atoms with Crippen LogP contribution in [0.25, 0.3) is 0 Å². The van der Waals surface area contributed by atoms with Crippen molar-refractivity contribution in [3.8, 4) is 0 Å². The van der Waals surface area contributed by atoms with Crippen LogP contribution in [0.15, 0.2) is 60.9 Å². The van der Waals surface area contributed by atoms with Crippen LogP contribution in [-0.4, -0.2) is 33.4 Å². The lowest BCUT2D eigenvalue weighted by molar-refractivity contribution is -0.131. The lowest BCUT2D eigenvalue weighted by Gasteiger charge is -2.32. The second kappa shape index (κ2) is 8.60. The number of likely N-dealkylation sites (tertiary alicyclic amines) is 1. The SMILES string of the molecule is Cc1cc(CC(=O)N2CCC(c3nccn3Cc3ccccc3)CC2)ccc1F. The van der Waals surface area contributed by atoms with Gasteiger partial charge in [-0.1, -0.05) is 42.5 Å². The molecule has 0 unspecified atom stereocenters. The van der Waals surface area contributed by atoms with E-state index in [1.165, 1.54) is 11.6 Å². The van der Waals surface area contributed by atoms with Crippen molar-refractivity contribution in [3.05, 3.63) is 89.3 Å². The van der Waals surface area contributed by atoms with Gasteiger partial charge in [-0.25, -0.2) is 9.37 Å². The molecule has 0 aliphatic carbocycles. The summed E-state index contributed by atoms with van der Waals surface area (Å²) in [6.45, 7) is 4.02. The summed E-state index contributed by atoms with van der Waals surface area (Å²) in [4.78, 5) is 19.2. The largest absolute Gasteiger partial charge is 0.342 e. The molecule has 1 aliphatic rings. The van der Waals surface area contributed by atoms with Crippen LogP contribution in [0, 0.1) is 12.7 Å². The highest BCUT2D eigenvalue weighted by Crippen LogP contribution is 2.28. The predicted octanol–water partition coefficient (Wildman–Crippen LogP) is 4.33. The quantitative estimate of drug-likeness (QED) is 0.649. The lowest BCUT2D eigenvalue weighted by atomic mass is 9.95. The summed E-state index contributed by atoms with van der Waals surface area (Å²) in [5.41, 5.74) is 2.71. The smallest absolute Gasteiger partial charge is 0.226 e. The summed E-state index contributed by atoms with van der Waals surface area (Å²) in [7, 11) is 0. The van der Waals surface area contributed by atoms with Crippen molar-refractivity contribution in [3.63, 3.8) is 0 Å². The molecule has 1 fully saturated rings. The minimum absolute atomic E-state index is 0.113. The second-order valence-electron chi connectivity index (χ2n) is 7.81. The molecule has 1 aromatic heterocycles. The van der Waals surface area contributed by atoms with Gasteiger partial charge < -0.3 is 9.47 Å². The number of amides is 1. The molecule has 0 N–H and O–H groups in total. The Morgan fingerprint density at radius 3 is 2.59 bits per heavy atom. The predicted molar refractivity (Wildman–Crippen MR) is 111 cm³/mol. The number of piperidine rings is 1. The van der Waals surface area contributed by atoms with Crippen LogP contribution in [-0.2, 0) is 17.8 Å². The third-order valence-electron chi connectivity index (χ3n) is 5.73. The summed E-state index contributed by atoms with van der Waals surface area (Å²) >= 11 is 0. The Bertz CT molecular complexity index is 975. The van der Waals surface area contributed by atoms with E-state index >= 15 is 0 Å². The molecule has 0 radical (unpaired) electrons. The van der Waals surface area contributed by atoms with Crippen molar-refractivity contribution in [2.45, 2.75) is 38.6 Å². The van der Waals surface area contributed by atoms with Crippen LogP contribution in [0.4, 0.5) is 4.39 Å². The van der Waals surface area contributed by atoms with E-state index in [-0.39, 0.29) is 11.7 Å². The molecule has 3 aromatic rings. The van der Waals surface area contributed by atoms with Gasteiger partial charge in [0.25, 0.3) is 0 Å². The molecule has 29 heavy (non-hydrogen) atoms. The van der Waals surface area contributed by atoms with Crippen molar-refractivity contribution in [2.75, 3.05) is 13.1 Å². The molecule has 1 aliphatic heterocycles. The van der Waals surface area contributed by atoms with Crippen molar-refractivity contribution in [1.82, 2.24) is 14.5 Å². The Balaban J connectivity index is 1.35. The molecule has 5 heteroatoms. The van der Waals surface area contributed by atoms with E-state index in [4.69, 9.17) is 0 Å². The second-order valence-corrected chi connectivity index (χ2v) is 7.81. The number of halogens is 1. The van der Waals surface area contributed by atoms with Crippen molar-refractivity contribution >= 4 is 5.91 Å². The van der Waals surface area contributed by atoms with E-state index in [9.17, 15) is 9.18 Å². The van der Waals surface area contributed by atoms with Gasteiger partial charge in [-0.2, -0.15) is 0 Å². The summed E-state index contributed by atoms with van der Waals surface area (Å²) < 4.78 is 15.7. The van der Waals surface area contributed by atoms with Gasteiger partial charge in [-0.05, 0) is 42.5 Å². The fourth-order valence-corrected chi connectivity index (χ4v) is 4.08. The number of rotatable bonds is 5. The molecule has 1 saturated heterocycles. The molecular weight excluding hydrogens is 365 g/mol. The zero-order chi connectivity index (χ0) is 20.2. The topological polar surface area (TPSA) is 38.1 Å². The molecular formula is C24H26FN3O. The maximum atomic E-state index is 13.4. The zero-order valence-electron chi connectivity index (χ0n) is 16.7. The van der Waals surface area contributed by atoms with Crippen molar-refractivity contribution < 1.29 is 9.18 Å². The molecule has 150 valence electrons. The van der Waals surface area contributed by atoms with Gasteiger partial charge in [-0.15, -0.1) is 0 Å². The first-order chi connectivity index (χ1) is 14.1. The van der Waals surface area contributed by atoms with Crippen LogP contribution in [0.5, 0.6) is 0 Å². The van der Waals surface area contributed by atoms with Crippen LogP contribution in [0.3, 0.4) is 0 Å². The number of benzene rings is 2. The van der Waals surface area contributed by atoms with Gasteiger partial charge in [0.05, 0.1) is 6.42 Å². The fourth-order valence-electron chi connectivity index (χ4n) is 4.08. The summed E-state index contributed by atoms with van der Waals surface area (Å²) in [5, 5.41) is 0.